The van der Waals surface area contributed by atoms with Crippen molar-refractivity contribution >= 4 is 17.7 Å². The lowest BCUT2D eigenvalue weighted by molar-refractivity contribution is -0.154. The summed E-state index contributed by atoms with van der Waals surface area (Å²) in [6.45, 7) is 6.03. The van der Waals surface area contributed by atoms with Crippen LogP contribution in [0.4, 0.5) is 0 Å². The van der Waals surface area contributed by atoms with Gasteiger partial charge in [-0.2, -0.15) is 0 Å². The van der Waals surface area contributed by atoms with Crippen molar-refractivity contribution in [1.29, 1.82) is 0 Å². The molecule has 154 valence electrons. The van der Waals surface area contributed by atoms with Gasteiger partial charge >= 0.3 is 5.97 Å². The molecule has 0 spiro atoms. The summed E-state index contributed by atoms with van der Waals surface area (Å²) in [5.74, 6) is -0.802. The fourth-order valence-electron chi connectivity index (χ4n) is 3.00. The summed E-state index contributed by atoms with van der Waals surface area (Å²) in [7, 11) is 0. The molecule has 0 radical (unpaired) electrons. The van der Waals surface area contributed by atoms with E-state index in [9.17, 15) is 14.4 Å². The number of carbonyl (C=O) groups is 3. The highest BCUT2D eigenvalue weighted by molar-refractivity contribution is 5.97. The monoisotopic (exact) mass is 395 g/mol. The number of ketones is 1. The minimum atomic E-state index is -0.898. The van der Waals surface area contributed by atoms with E-state index < -0.39 is 12.1 Å². The van der Waals surface area contributed by atoms with Crippen molar-refractivity contribution in [2.24, 2.45) is 0 Å². The van der Waals surface area contributed by atoms with Crippen LogP contribution >= 0.6 is 0 Å². The Morgan fingerprint density at radius 1 is 0.966 bits per heavy atom. The molecule has 5 nitrogen and oxygen atoms in total. The van der Waals surface area contributed by atoms with Gasteiger partial charge in [-0.1, -0.05) is 67.1 Å². The van der Waals surface area contributed by atoms with Crippen LogP contribution in [0, 0.1) is 6.92 Å². The molecule has 0 aliphatic rings. The number of benzene rings is 2. The van der Waals surface area contributed by atoms with Gasteiger partial charge in [0.2, 0.25) is 0 Å². The van der Waals surface area contributed by atoms with E-state index in [0.717, 1.165) is 17.5 Å². The lowest BCUT2D eigenvalue weighted by Gasteiger charge is -2.18. The molecule has 2 atom stereocenters. The zero-order valence-corrected chi connectivity index (χ0v) is 17.3. The minimum Gasteiger partial charge on any atom is -0.453 e. The number of amides is 1. The lowest BCUT2D eigenvalue weighted by Crippen LogP contribution is -2.38. The molecular weight excluding hydrogens is 366 g/mol. The number of hydrogen-bond acceptors (Lipinski definition) is 4. The zero-order valence-electron chi connectivity index (χ0n) is 17.3. The van der Waals surface area contributed by atoms with Gasteiger partial charge in [0.1, 0.15) is 0 Å². The van der Waals surface area contributed by atoms with E-state index in [1.54, 1.807) is 19.1 Å². The molecule has 1 amide bonds. The molecule has 0 saturated carbocycles. The largest absolute Gasteiger partial charge is 0.453 e. The van der Waals surface area contributed by atoms with E-state index in [4.69, 9.17) is 4.74 Å². The molecule has 0 fully saturated rings. The molecule has 0 bridgehead atoms. The zero-order chi connectivity index (χ0) is 21.2. The molecule has 1 N–H and O–H groups in total. The average Bonchev–Trinajstić information content (AvgIpc) is 2.73. The first-order valence-electron chi connectivity index (χ1n) is 10.0. The van der Waals surface area contributed by atoms with Gasteiger partial charge in [-0.15, -0.1) is 0 Å². The van der Waals surface area contributed by atoms with Crippen molar-refractivity contribution < 1.29 is 19.1 Å². The molecule has 0 aliphatic carbocycles. The van der Waals surface area contributed by atoms with Crippen molar-refractivity contribution in [2.75, 3.05) is 6.54 Å². The number of carbonyl (C=O) groups excluding carboxylic acids is 3. The normalized spacial score (nSPS) is 12.7. The minimum absolute atomic E-state index is 0.0497. The Balaban J connectivity index is 1.75. The number of esters is 1. The van der Waals surface area contributed by atoms with Crippen molar-refractivity contribution in [3.63, 3.8) is 0 Å². The highest BCUT2D eigenvalue weighted by atomic mass is 16.5. The first kappa shape index (κ1) is 22.3. The van der Waals surface area contributed by atoms with Gasteiger partial charge in [0, 0.05) is 24.4 Å². The highest BCUT2D eigenvalue weighted by Gasteiger charge is 2.20. The molecule has 0 heterocycles. The standard InChI is InChI=1S/C24H29NO4/c1-4-19(20-8-6-5-7-9-20)16-25-24(28)18(3)29-23(27)15-14-22(26)21-12-10-17(2)11-13-21/h5-13,18-19H,4,14-16H2,1-3H3,(H,25,28)/t18-,19+/m0/s1. The smallest absolute Gasteiger partial charge is 0.307 e. The summed E-state index contributed by atoms with van der Waals surface area (Å²) in [6, 6.07) is 17.2. The second-order valence-electron chi connectivity index (χ2n) is 7.18. The maximum atomic E-state index is 12.3. The topological polar surface area (TPSA) is 72.5 Å². The number of ether oxygens (including phenoxy) is 1. The van der Waals surface area contributed by atoms with Crippen LogP contribution in [0.3, 0.4) is 0 Å². The molecule has 0 unspecified atom stereocenters. The van der Waals surface area contributed by atoms with Crippen LogP contribution < -0.4 is 5.32 Å². The van der Waals surface area contributed by atoms with E-state index in [-0.39, 0.29) is 30.4 Å². The maximum Gasteiger partial charge on any atom is 0.307 e. The number of Topliss-reactive ketones (excluding diaryl/α,β-unsaturated/α-hetero) is 1. The van der Waals surface area contributed by atoms with E-state index in [2.05, 4.69) is 12.2 Å². The molecule has 2 aromatic rings. The predicted octanol–water partition coefficient (Wildman–Crippen LogP) is 4.20. The van der Waals surface area contributed by atoms with Gasteiger partial charge in [-0.3, -0.25) is 14.4 Å². The molecular formula is C24H29NO4. The average molecular weight is 395 g/mol. The van der Waals surface area contributed by atoms with E-state index in [0.29, 0.717) is 12.1 Å². The van der Waals surface area contributed by atoms with Gasteiger partial charge in [0.25, 0.3) is 5.91 Å². The Kier molecular flexibility index (Phi) is 8.59. The van der Waals surface area contributed by atoms with Crippen LogP contribution in [0.5, 0.6) is 0 Å². The fraction of sp³-hybridized carbons (Fsp3) is 0.375. The second kappa shape index (κ2) is 11.1. The Bertz CT molecular complexity index is 815. The van der Waals surface area contributed by atoms with Gasteiger partial charge in [0.15, 0.2) is 11.9 Å². The third kappa shape index (κ3) is 7.18. The summed E-state index contributed by atoms with van der Waals surface area (Å²) in [4.78, 5) is 36.4. The second-order valence-corrected chi connectivity index (χ2v) is 7.18. The van der Waals surface area contributed by atoms with Crippen molar-refractivity contribution in [1.82, 2.24) is 5.32 Å². The summed E-state index contributed by atoms with van der Waals surface area (Å²) in [5, 5.41) is 2.85. The Labute approximate surface area is 172 Å². The molecule has 2 rings (SSSR count). The SMILES string of the molecule is CC[C@H](CNC(=O)[C@H](C)OC(=O)CCC(=O)c1ccc(C)cc1)c1ccccc1. The molecule has 5 heteroatoms. The molecule has 2 aromatic carbocycles. The summed E-state index contributed by atoms with van der Waals surface area (Å²) in [5.41, 5.74) is 2.80. The van der Waals surface area contributed by atoms with Gasteiger partial charge in [-0.25, -0.2) is 0 Å². The van der Waals surface area contributed by atoms with Crippen molar-refractivity contribution in [3.05, 3.63) is 71.3 Å². The lowest BCUT2D eigenvalue weighted by atomic mass is 9.96. The number of hydrogen-bond donors (Lipinski definition) is 1. The third-order valence-electron chi connectivity index (χ3n) is 4.89. The van der Waals surface area contributed by atoms with Crippen LogP contribution in [0.2, 0.25) is 0 Å². The number of rotatable bonds is 10. The quantitative estimate of drug-likeness (QED) is 0.483. The van der Waals surface area contributed by atoms with Crippen LogP contribution in [0.25, 0.3) is 0 Å². The molecule has 0 aliphatic heterocycles. The number of aryl methyl sites for hydroxylation is 1. The molecule has 29 heavy (non-hydrogen) atoms. The van der Waals surface area contributed by atoms with Crippen LogP contribution in [0.15, 0.2) is 54.6 Å². The van der Waals surface area contributed by atoms with Gasteiger partial charge in [-0.05, 0) is 25.8 Å². The van der Waals surface area contributed by atoms with E-state index >= 15 is 0 Å². The summed E-state index contributed by atoms with van der Waals surface area (Å²) < 4.78 is 5.19. The van der Waals surface area contributed by atoms with Gasteiger partial charge in [0.05, 0.1) is 6.42 Å². The Morgan fingerprint density at radius 3 is 2.24 bits per heavy atom. The highest BCUT2D eigenvalue weighted by Crippen LogP contribution is 2.18. The van der Waals surface area contributed by atoms with Crippen molar-refractivity contribution in [3.8, 4) is 0 Å². The first-order valence-corrected chi connectivity index (χ1v) is 10.0. The maximum absolute atomic E-state index is 12.3. The molecule has 0 saturated heterocycles. The Hall–Kier alpha value is -2.95. The Morgan fingerprint density at radius 2 is 1.62 bits per heavy atom. The predicted molar refractivity (Wildman–Crippen MR) is 113 cm³/mol. The third-order valence-corrected chi connectivity index (χ3v) is 4.89. The van der Waals surface area contributed by atoms with E-state index in [1.807, 2.05) is 49.4 Å². The fourth-order valence-corrected chi connectivity index (χ4v) is 3.00. The first-order chi connectivity index (χ1) is 13.9. The van der Waals surface area contributed by atoms with Crippen LogP contribution in [-0.4, -0.2) is 30.3 Å². The van der Waals surface area contributed by atoms with Gasteiger partial charge < -0.3 is 10.1 Å². The van der Waals surface area contributed by atoms with Crippen molar-refractivity contribution in [2.45, 2.75) is 52.1 Å². The number of nitrogens with one attached hydrogen (secondary N) is 1. The summed E-state index contributed by atoms with van der Waals surface area (Å²) in [6.07, 6.45) is -0.00142. The van der Waals surface area contributed by atoms with Crippen LogP contribution in [0.1, 0.15) is 60.5 Å². The molecule has 0 aromatic heterocycles. The van der Waals surface area contributed by atoms with E-state index in [1.165, 1.54) is 0 Å². The summed E-state index contributed by atoms with van der Waals surface area (Å²) >= 11 is 0. The van der Waals surface area contributed by atoms with Crippen LogP contribution in [-0.2, 0) is 14.3 Å².